The van der Waals surface area contributed by atoms with Crippen LogP contribution in [0.5, 0.6) is 0 Å². The zero-order valence-electron chi connectivity index (χ0n) is 8.09. The number of hydrogen-bond donors (Lipinski definition) is 0. The van der Waals surface area contributed by atoms with Crippen molar-refractivity contribution >= 4 is 6.72 Å². The topological polar surface area (TPSA) is 12.4 Å². The summed E-state index contributed by atoms with van der Waals surface area (Å²) in [5, 5.41) is 0. The highest BCUT2D eigenvalue weighted by atomic mass is 14.6. The van der Waals surface area contributed by atoms with Crippen molar-refractivity contribution in [3.8, 4) is 0 Å². The predicted molar refractivity (Wildman–Crippen MR) is 54.0 cm³/mol. The number of hydrogen-bond acceptors (Lipinski definition) is 1. The molecule has 64 valence electrons. The minimum absolute atomic E-state index is 0.494. The smallest absolute Gasteiger partial charge is 0.0295 e. The molecule has 0 atom stereocenters. The van der Waals surface area contributed by atoms with E-state index in [-0.39, 0.29) is 0 Å². The van der Waals surface area contributed by atoms with Gasteiger partial charge in [-0.05, 0) is 18.2 Å². The molecule has 11 heavy (non-hydrogen) atoms. The third kappa shape index (κ3) is 7.04. The van der Waals surface area contributed by atoms with Crippen LogP contribution in [-0.4, -0.2) is 6.72 Å². The van der Waals surface area contributed by atoms with Crippen molar-refractivity contribution in [3.63, 3.8) is 0 Å². The molecule has 0 aromatic heterocycles. The van der Waals surface area contributed by atoms with Crippen molar-refractivity contribution in [2.75, 3.05) is 0 Å². The fraction of sp³-hybridized carbons (Fsp3) is 0.500. The van der Waals surface area contributed by atoms with E-state index in [1.807, 2.05) is 13.8 Å². The molecule has 0 aromatic carbocycles. The van der Waals surface area contributed by atoms with Crippen molar-refractivity contribution in [2.24, 2.45) is 10.9 Å². The third-order valence-electron chi connectivity index (χ3n) is 1.14. The van der Waals surface area contributed by atoms with Crippen LogP contribution in [0.25, 0.3) is 0 Å². The van der Waals surface area contributed by atoms with Gasteiger partial charge in [-0.25, -0.2) is 0 Å². The second-order valence-corrected chi connectivity index (χ2v) is 2.17. The summed E-state index contributed by atoms with van der Waals surface area (Å²) in [7, 11) is 0. The van der Waals surface area contributed by atoms with Crippen LogP contribution < -0.4 is 0 Å². The van der Waals surface area contributed by atoms with E-state index in [0.717, 1.165) is 5.57 Å². The zero-order chi connectivity index (χ0) is 9.28. The van der Waals surface area contributed by atoms with Gasteiger partial charge in [0.05, 0.1) is 0 Å². The van der Waals surface area contributed by atoms with Crippen LogP contribution in [0, 0.1) is 5.92 Å². The summed E-state index contributed by atoms with van der Waals surface area (Å²) in [6.45, 7) is 15.2. The Hall–Kier alpha value is -0.850. The first kappa shape index (κ1) is 12.8. The first-order valence-corrected chi connectivity index (χ1v) is 4.00. The average Bonchev–Trinajstić information content (AvgIpc) is 2.03. The SMILES string of the molecule is C=C/C(=C\N=C)C(C)C.CC. The Bertz CT molecular complexity index is 132. The molecule has 0 aliphatic heterocycles. The lowest BCUT2D eigenvalue weighted by atomic mass is 10.1. The van der Waals surface area contributed by atoms with E-state index in [4.69, 9.17) is 0 Å². The fourth-order valence-corrected chi connectivity index (χ4v) is 0.543. The van der Waals surface area contributed by atoms with Crippen molar-refractivity contribution in [2.45, 2.75) is 27.7 Å². The van der Waals surface area contributed by atoms with E-state index in [1.54, 1.807) is 12.3 Å². The van der Waals surface area contributed by atoms with E-state index in [9.17, 15) is 0 Å². The van der Waals surface area contributed by atoms with Crippen LogP contribution in [0.3, 0.4) is 0 Å². The van der Waals surface area contributed by atoms with E-state index < -0.39 is 0 Å². The quantitative estimate of drug-likeness (QED) is 0.435. The van der Waals surface area contributed by atoms with Crippen LogP contribution >= 0.6 is 0 Å². The van der Waals surface area contributed by atoms with Gasteiger partial charge >= 0.3 is 0 Å². The zero-order valence-corrected chi connectivity index (χ0v) is 8.09. The molecule has 0 aliphatic carbocycles. The molecule has 0 N–H and O–H groups in total. The standard InChI is InChI=1S/C8H13N.C2H6/c1-5-8(6-9-4)7(2)3;1-2/h5-7H,1,4H2,2-3H3;1-2H3/b8-6+;. The largest absolute Gasteiger partial charge is 0.272 e. The van der Waals surface area contributed by atoms with Crippen LogP contribution in [0.15, 0.2) is 29.4 Å². The summed E-state index contributed by atoms with van der Waals surface area (Å²) in [5.74, 6) is 0.494. The van der Waals surface area contributed by atoms with Crippen molar-refractivity contribution < 1.29 is 0 Å². The molecule has 0 saturated carbocycles. The highest BCUT2D eigenvalue weighted by molar-refractivity contribution is 5.28. The van der Waals surface area contributed by atoms with Gasteiger partial charge in [0, 0.05) is 6.20 Å². The summed E-state index contributed by atoms with van der Waals surface area (Å²) in [4.78, 5) is 3.64. The summed E-state index contributed by atoms with van der Waals surface area (Å²) in [6, 6.07) is 0. The van der Waals surface area contributed by atoms with E-state index in [1.165, 1.54) is 0 Å². The number of allylic oxidation sites excluding steroid dienone is 2. The summed E-state index contributed by atoms with van der Waals surface area (Å²) < 4.78 is 0. The van der Waals surface area contributed by atoms with Gasteiger partial charge < -0.3 is 0 Å². The molecular weight excluding hydrogens is 134 g/mol. The predicted octanol–water partition coefficient (Wildman–Crippen LogP) is 3.44. The van der Waals surface area contributed by atoms with Crippen molar-refractivity contribution in [3.05, 3.63) is 24.4 Å². The minimum Gasteiger partial charge on any atom is -0.272 e. The lowest BCUT2D eigenvalue weighted by Crippen LogP contribution is -1.88. The molecule has 0 heterocycles. The van der Waals surface area contributed by atoms with Gasteiger partial charge in [0.15, 0.2) is 0 Å². The molecule has 0 bridgehead atoms. The second-order valence-electron chi connectivity index (χ2n) is 2.17. The maximum absolute atomic E-state index is 3.64. The molecule has 0 unspecified atom stereocenters. The van der Waals surface area contributed by atoms with Gasteiger partial charge in [-0.2, -0.15) is 0 Å². The van der Waals surface area contributed by atoms with E-state index in [2.05, 4.69) is 32.1 Å². The molecule has 0 fully saturated rings. The number of nitrogens with zero attached hydrogens (tertiary/aromatic N) is 1. The Balaban J connectivity index is 0. The maximum Gasteiger partial charge on any atom is 0.0295 e. The van der Waals surface area contributed by atoms with Crippen LogP contribution in [0.1, 0.15) is 27.7 Å². The lowest BCUT2D eigenvalue weighted by Gasteiger charge is -2.01. The minimum atomic E-state index is 0.494. The second kappa shape index (κ2) is 9.15. The van der Waals surface area contributed by atoms with Gasteiger partial charge in [0.2, 0.25) is 0 Å². The van der Waals surface area contributed by atoms with E-state index in [0.29, 0.717) is 5.92 Å². The monoisotopic (exact) mass is 153 g/mol. The third-order valence-corrected chi connectivity index (χ3v) is 1.14. The summed E-state index contributed by atoms with van der Waals surface area (Å²) >= 11 is 0. The van der Waals surface area contributed by atoms with Crippen molar-refractivity contribution in [1.82, 2.24) is 0 Å². The molecule has 0 aromatic rings. The lowest BCUT2D eigenvalue weighted by molar-refractivity contribution is 0.789. The Labute approximate surface area is 70.5 Å². The first-order chi connectivity index (χ1) is 5.22. The number of rotatable bonds is 3. The van der Waals surface area contributed by atoms with Gasteiger partial charge in [-0.3, -0.25) is 4.99 Å². The van der Waals surface area contributed by atoms with Gasteiger partial charge in [0.25, 0.3) is 0 Å². The normalized spacial score (nSPS) is 10.1. The Morgan fingerprint density at radius 2 is 1.82 bits per heavy atom. The highest BCUT2D eigenvalue weighted by Gasteiger charge is 1.94. The van der Waals surface area contributed by atoms with Crippen LogP contribution in [-0.2, 0) is 0 Å². The van der Waals surface area contributed by atoms with Crippen LogP contribution in [0.4, 0.5) is 0 Å². The Morgan fingerprint density at radius 3 is 1.91 bits per heavy atom. The van der Waals surface area contributed by atoms with Crippen molar-refractivity contribution in [1.29, 1.82) is 0 Å². The molecule has 0 saturated heterocycles. The van der Waals surface area contributed by atoms with Gasteiger partial charge in [0.1, 0.15) is 0 Å². The van der Waals surface area contributed by atoms with Gasteiger partial charge in [-0.1, -0.05) is 40.3 Å². The van der Waals surface area contributed by atoms with E-state index >= 15 is 0 Å². The number of aliphatic imine (C=N–C) groups is 1. The molecule has 0 aliphatic rings. The average molecular weight is 153 g/mol. The molecule has 1 heteroatoms. The molecule has 0 rings (SSSR count). The molecule has 0 spiro atoms. The summed E-state index contributed by atoms with van der Waals surface area (Å²) in [6.07, 6.45) is 3.54. The maximum atomic E-state index is 3.64. The molecule has 0 radical (unpaired) electrons. The Morgan fingerprint density at radius 1 is 1.36 bits per heavy atom. The van der Waals surface area contributed by atoms with Crippen LogP contribution in [0.2, 0.25) is 0 Å². The van der Waals surface area contributed by atoms with Gasteiger partial charge in [-0.15, -0.1) is 0 Å². The molecule has 1 nitrogen and oxygen atoms in total. The molecule has 0 amide bonds. The molecular formula is C10H19N. The highest BCUT2D eigenvalue weighted by Crippen LogP contribution is 2.09. The Kier molecular flexibility index (Phi) is 10.6. The summed E-state index contributed by atoms with van der Waals surface area (Å²) in [5.41, 5.74) is 1.13. The first-order valence-electron chi connectivity index (χ1n) is 4.00. The fourth-order valence-electron chi connectivity index (χ4n) is 0.543.